The highest BCUT2D eigenvalue weighted by Gasteiger charge is 2.15. The van der Waals surface area contributed by atoms with E-state index >= 15 is 0 Å². The van der Waals surface area contributed by atoms with Crippen LogP contribution in [0.5, 0.6) is 0 Å². The number of esters is 1. The summed E-state index contributed by atoms with van der Waals surface area (Å²) >= 11 is 8.62. The fraction of sp³-hybridized carbons (Fsp3) is 0.167. The van der Waals surface area contributed by atoms with Crippen LogP contribution in [0.2, 0.25) is 5.15 Å². The molecule has 0 aromatic carbocycles. The number of hydrogen-bond acceptors (Lipinski definition) is 5. The number of rotatable bonds is 1. The number of carbonyl (C=O) groups is 1. The highest BCUT2D eigenvalue weighted by molar-refractivity contribution is 9.10. The minimum Gasteiger partial charge on any atom is -0.464 e. The first kappa shape index (κ1) is 10.2. The van der Waals surface area contributed by atoms with E-state index in [-0.39, 0.29) is 16.7 Å². The molecule has 0 aliphatic rings. The number of methoxy groups -OCH3 is 1. The standard InChI is InChI=1S/C6H5BrClN3O2/c1-13-6(12)2-5(9)11-3(7)4(8)10-2/h1H3,(H2,9,11). The van der Waals surface area contributed by atoms with E-state index in [0.29, 0.717) is 4.60 Å². The monoisotopic (exact) mass is 265 g/mol. The van der Waals surface area contributed by atoms with Crippen molar-refractivity contribution in [1.82, 2.24) is 9.97 Å². The summed E-state index contributed by atoms with van der Waals surface area (Å²) in [7, 11) is 1.22. The molecule has 0 amide bonds. The Kier molecular flexibility index (Phi) is 3.05. The summed E-state index contributed by atoms with van der Waals surface area (Å²) in [6.07, 6.45) is 0. The Morgan fingerprint density at radius 2 is 2.23 bits per heavy atom. The van der Waals surface area contributed by atoms with Crippen molar-refractivity contribution in [2.45, 2.75) is 0 Å². The van der Waals surface area contributed by atoms with Crippen LogP contribution >= 0.6 is 27.5 Å². The van der Waals surface area contributed by atoms with E-state index in [4.69, 9.17) is 17.3 Å². The van der Waals surface area contributed by atoms with Gasteiger partial charge in [0.15, 0.2) is 16.7 Å². The van der Waals surface area contributed by atoms with Crippen LogP contribution in [0.4, 0.5) is 5.82 Å². The van der Waals surface area contributed by atoms with Crippen LogP contribution in [0.1, 0.15) is 10.5 Å². The van der Waals surface area contributed by atoms with Gasteiger partial charge in [0.25, 0.3) is 0 Å². The molecule has 0 aliphatic carbocycles. The molecule has 0 fully saturated rings. The number of hydrogen-bond donors (Lipinski definition) is 1. The molecule has 0 radical (unpaired) electrons. The molecular weight excluding hydrogens is 261 g/mol. The van der Waals surface area contributed by atoms with E-state index in [2.05, 4.69) is 30.6 Å². The van der Waals surface area contributed by atoms with Crippen LogP contribution in [0.25, 0.3) is 0 Å². The molecule has 1 rings (SSSR count). The van der Waals surface area contributed by atoms with Crippen molar-refractivity contribution in [3.8, 4) is 0 Å². The Morgan fingerprint density at radius 3 is 2.77 bits per heavy atom. The van der Waals surface area contributed by atoms with Gasteiger partial charge in [-0.25, -0.2) is 14.8 Å². The third-order valence-electron chi connectivity index (χ3n) is 1.22. The van der Waals surface area contributed by atoms with Crippen molar-refractivity contribution >= 4 is 39.3 Å². The predicted octanol–water partition coefficient (Wildman–Crippen LogP) is 1.26. The third-order valence-corrected chi connectivity index (χ3v) is 2.26. The minimum absolute atomic E-state index is 0.0249. The SMILES string of the molecule is COC(=O)c1nc(Cl)c(Br)nc1N. The molecule has 2 N–H and O–H groups in total. The van der Waals surface area contributed by atoms with Gasteiger partial charge in [-0.3, -0.25) is 0 Å². The fourth-order valence-electron chi connectivity index (χ4n) is 0.653. The van der Waals surface area contributed by atoms with Crippen molar-refractivity contribution < 1.29 is 9.53 Å². The van der Waals surface area contributed by atoms with Crippen molar-refractivity contribution in [3.05, 3.63) is 15.5 Å². The van der Waals surface area contributed by atoms with Gasteiger partial charge in [-0.05, 0) is 15.9 Å². The molecule has 13 heavy (non-hydrogen) atoms. The van der Waals surface area contributed by atoms with Crippen molar-refractivity contribution in [1.29, 1.82) is 0 Å². The molecule has 0 aliphatic heterocycles. The molecule has 0 saturated heterocycles. The summed E-state index contributed by atoms with van der Waals surface area (Å²) < 4.78 is 4.71. The topological polar surface area (TPSA) is 78.1 Å². The van der Waals surface area contributed by atoms with E-state index in [9.17, 15) is 4.79 Å². The van der Waals surface area contributed by atoms with E-state index < -0.39 is 5.97 Å². The second-order valence-electron chi connectivity index (χ2n) is 2.03. The van der Waals surface area contributed by atoms with Gasteiger partial charge >= 0.3 is 5.97 Å². The molecular formula is C6H5BrClN3O2. The number of halogens is 2. The lowest BCUT2D eigenvalue weighted by molar-refractivity contribution is 0.0595. The van der Waals surface area contributed by atoms with Crippen molar-refractivity contribution in [2.24, 2.45) is 0 Å². The number of carbonyl (C=O) groups excluding carboxylic acids is 1. The largest absolute Gasteiger partial charge is 0.464 e. The Hall–Kier alpha value is -0.880. The second kappa shape index (κ2) is 3.89. The summed E-state index contributed by atoms with van der Waals surface area (Å²) in [5.74, 6) is -0.692. The molecule has 7 heteroatoms. The van der Waals surface area contributed by atoms with Gasteiger partial charge in [-0.15, -0.1) is 0 Å². The van der Waals surface area contributed by atoms with E-state index in [1.165, 1.54) is 7.11 Å². The number of ether oxygens (including phenoxy) is 1. The van der Waals surface area contributed by atoms with E-state index in [1.54, 1.807) is 0 Å². The van der Waals surface area contributed by atoms with Gasteiger partial charge in [0, 0.05) is 0 Å². The third kappa shape index (κ3) is 2.07. The number of anilines is 1. The molecule has 0 spiro atoms. The number of nitrogens with two attached hydrogens (primary N) is 1. The van der Waals surface area contributed by atoms with Gasteiger partial charge < -0.3 is 10.5 Å². The first-order valence-corrected chi connectivity index (χ1v) is 4.30. The predicted molar refractivity (Wildman–Crippen MR) is 50.5 cm³/mol. The van der Waals surface area contributed by atoms with E-state index in [0.717, 1.165) is 0 Å². The fourth-order valence-corrected chi connectivity index (χ4v) is 1.06. The normalized spacial score (nSPS) is 9.77. The molecule has 1 aromatic rings. The molecule has 0 saturated carbocycles. The van der Waals surface area contributed by atoms with Crippen LogP contribution in [-0.4, -0.2) is 23.0 Å². The average molecular weight is 266 g/mol. The maximum Gasteiger partial charge on any atom is 0.360 e. The summed E-state index contributed by atoms with van der Waals surface area (Å²) in [5, 5.41) is 0.0644. The molecule has 1 heterocycles. The zero-order valence-corrected chi connectivity index (χ0v) is 8.89. The molecule has 1 aromatic heterocycles. The lowest BCUT2D eigenvalue weighted by Crippen LogP contribution is -2.10. The Morgan fingerprint density at radius 1 is 1.62 bits per heavy atom. The molecule has 0 unspecified atom stereocenters. The Bertz CT molecular complexity index is 358. The summed E-state index contributed by atoms with van der Waals surface area (Å²) in [5.41, 5.74) is 5.32. The van der Waals surface area contributed by atoms with Gasteiger partial charge in [-0.2, -0.15) is 0 Å². The zero-order chi connectivity index (χ0) is 10.0. The van der Waals surface area contributed by atoms with Crippen LogP contribution in [-0.2, 0) is 4.74 Å². The average Bonchev–Trinajstić information content (AvgIpc) is 2.10. The van der Waals surface area contributed by atoms with Gasteiger partial charge in [0.2, 0.25) is 0 Å². The summed E-state index contributed by atoms with van der Waals surface area (Å²) in [6.45, 7) is 0. The maximum atomic E-state index is 11.0. The quantitative estimate of drug-likeness (QED) is 0.774. The number of nitrogens with zero attached hydrogens (tertiary/aromatic N) is 2. The highest BCUT2D eigenvalue weighted by Crippen LogP contribution is 2.20. The van der Waals surface area contributed by atoms with Crippen LogP contribution in [0.3, 0.4) is 0 Å². The maximum absolute atomic E-state index is 11.0. The number of nitrogen functional groups attached to an aromatic ring is 1. The Balaban J connectivity index is 3.23. The van der Waals surface area contributed by atoms with E-state index in [1.807, 2.05) is 0 Å². The first-order valence-electron chi connectivity index (χ1n) is 3.13. The van der Waals surface area contributed by atoms with Crippen LogP contribution < -0.4 is 5.73 Å². The minimum atomic E-state index is -0.667. The zero-order valence-electron chi connectivity index (χ0n) is 6.54. The lowest BCUT2D eigenvalue weighted by atomic mass is 10.4. The smallest absolute Gasteiger partial charge is 0.360 e. The van der Waals surface area contributed by atoms with Crippen LogP contribution in [0, 0.1) is 0 Å². The van der Waals surface area contributed by atoms with Crippen molar-refractivity contribution in [3.63, 3.8) is 0 Å². The molecule has 5 nitrogen and oxygen atoms in total. The number of aromatic nitrogens is 2. The summed E-state index contributed by atoms with van der Waals surface area (Å²) in [6, 6.07) is 0. The van der Waals surface area contributed by atoms with Crippen molar-refractivity contribution in [2.75, 3.05) is 12.8 Å². The van der Waals surface area contributed by atoms with Gasteiger partial charge in [0.05, 0.1) is 7.11 Å². The second-order valence-corrected chi connectivity index (χ2v) is 3.14. The Labute approximate surface area is 87.4 Å². The molecule has 70 valence electrons. The first-order chi connectivity index (χ1) is 6.06. The van der Waals surface area contributed by atoms with Crippen LogP contribution in [0.15, 0.2) is 4.60 Å². The lowest BCUT2D eigenvalue weighted by Gasteiger charge is -2.02. The van der Waals surface area contributed by atoms with Gasteiger partial charge in [-0.1, -0.05) is 11.6 Å². The molecule has 0 atom stereocenters. The highest BCUT2D eigenvalue weighted by atomic mass is 79.9. The summed E-state index contributed by atoms with van der Waals surface area (Å²) in [4.78, 5) is 18.5. The van der Waals surface area contributed by atoms with Gasteiger partial charge in [0.1, 0.15) is 4.60 Å². The molecule has 0 bridgehead atoms.